The monoisotopic (exact) mass is 368 g/mol. The number of fused-ring (bicyclic) bond motifs is 1. The maximum Gasteiger partial charge on any atom is 0.203 e. The van der Waals surface area contributed by atoms with Crippen molar-refractivity contribution in [3.63, 3.8) is 0 Å². The summed E-state index contributed by atoms with van der Waals surface area (Å²) >= 11 is 1.04. The molecule has 4 rings (SSSR count). The molecule has 25 heavy (non-hydrogen) atoms. The zero-order chi connectivity index (χ0) is 18.5. The van der Waals surface area contributed by atoms with Gasteiger partial charge in [-0.1, -0.05) is 45.9 Å². The average Bonchev–Trinajstić information content (AvgIpc) is 3.04. The lowest BCUT2D eigenvalue weighted by molar-refractivity contribution is -0.195. The van der Waals surface area contributed by atoms with Crippen LogP contribution in [0.25, 0.3) is 0 Å². The van der Waals surface area contributed by atoms with Gasteiger partial charge < -0.3 is 25.2 Å². The number of rotatable bonds is 4. The van der Waals surface area contributed by atoms with E-state index in [0.717, 1.165) is 16.9 Å². The van der Waals surface area contributed by atoms with E-state index in [4.69, 9.17) is 8.92 Å². The van der Waals surface area contributed by atoms with Gasteiger partial charge in [0.05, 0.1) is 6.10 Å². The number of aliphatic hydroxyl groups excluding tert-OH is 1. The van der Waals surface area contributed by atoms with E-state index in [1.165, 1.54) is 0 Å². The lowest BCUT2D eigenvalue weighted by atomic mass is 9.92. The van der Waals surface area contributed by atoms with E-state index in [-0.39, 0.29) is 0 Å². The summed E-state index contributed by atoms with van der Waals surface area (Å²) in [7, 11) is 0. The van der Waals surface area contributed by atoms with Crippen LogP contribution in [-0.2, 0) is 8.92 Å². The largest absolute Gasteiger partial charge is 0.389 e. The fourth-order valence-electron chi connectivity index (χ4n) is 4.54. The Morgan fingerprint density at radius 3 is 2.08 bits per heavy atom. The molecule has 138 valence electrons. The second-order valence-electron chi connectivity index (χ2n) is 8.45. The van der Waals surface area contributed by atoms with Crippen molar-refractivity contribution in [2.75, 3.05) is 0 Å². The summed E-state index contributed by atoms with van der Waals surface area (Å²) in [4.78, 5) is 0.825. The number of aliphatic hydroxyl groups is 4. The fraction of sp³-hybridized carbons (Fsp3) is 0.667. The van der Waals surface area contributed by atoms with Gasteiger partial charge in [0.15, 0.2) is 5.60 Å². The van der Waals surface area contributed by atoms with Gasteiger partial charge in [0.1, 0.15) is 17.3 Å². The molecule has 2 aliphatic carbocycles. The third-order valence-electron chi connectivity index (χ3n) is 6.83. The van der Waals surface area contributed by atoms with E-state index >= 15 is 0 Å². The average molecular weight is 368 g/mol. The minimum Gasteiger partial charge on any atom is -0.389 e. The molecule has 1 saturated heterocycles. The Bertz CT molecular complexity index is 709. The SMILES string of the molecule is CC1(C)C(O)[C@@]1(O)[C@H]1OC(OSc2ccccc2)[C@]2(O)C(C)(C)[C@]12O. The normalized spacial score (nSPS) is 48.9. The van der Waals surface area contributed by atoms with Crippen LogP contribution in [0.3, 0.4) is 0 Å². The minimum atomic E-state index is -1.70. The van der Waals surface area contributed by atoms with Crippen molar-refractivity contribution in [3.05, 3.63) is 30.3 Å². The molecular formula is C18H24O6S. The van der Waals surface area contributed by atoms with Gasteiger partial charge in [-0.15, -0.1) is 0 Å². The summed E-state index contributed by atoms with van der Waals surface area (Å²) in [5.74, 6) is 0. The van der Waals surface area contributed by atoms with Gasteiger partial charge in [-0.05, 0) is 12.1 Å². The Hall–Kier alpha value is -0.670. The molecule has 0 aromatic heterocycles. The van der Waals surface area contributed by atoms with Crippen LogP contribution < -0.4 is 0 Å². The predicted octanol–water partition coefficient (Wildman–Crippen LogP) is 1.07. The van der Waals surface area contributed by atoms with Crippen molar-refractivity contribution < 1.29 is 29.3 Å². The lowest BCUT2D eigenvalue weighted by Crippen LogP contribution is -2.48. The summed E-state index contributed by atoms with van der Waals surface area (Å²) in [6.07, 6.45) is -3.32. The van der Waals surface area contributed by atoms with Crippen LogP contribution in [-0.4, -0.2) is 55.7 Å². The molecule has 0 spiro atoms. The minimum absolute atomic E-state index is 0.825. The Kier molecular flexibility index (Phi) is 3.39. The quantitative estimate of drug-likeness (QED) is 0.590. The van der Waals surface area contributed by atoms with Gasteiger partial charge in [-0.25, -0.2) is 0 Å². The van der Waals surface area contributed by atoms with Crippen LogP contribution >= 0.6 is 12.0 Å². The van der Waals surface area contributed by atoms with Crippen LogP contribution in [0.2, 0.25) is 0 Å². The van der Waals surface area contributed by atoms with E-state index in [1.807, 2.05) is 30.3 Å². The van der Waals surface area contributed by atoms with Crippen molar-refractivity contribution in [1.82, 2.24) is 0 Å². The Morgan fingerprint density at radius 2 is 1.56 bits per heavy atom. The van der Waals surface area contributed by atoms with Gasteiger partial charge in [-0.3, -0.25) is 4.18 Å². The highest BCUT2D eigenvalue weighted by Gasteiger charge is 2.98. The summed E-state index contributed by atoms with van der Waals surface area (Å²) in [5.41, 5.74) is -6.79. The molecule has 0 amide bonds. The van der Waals surface area contributed by atoms with Crippen molar-refractivity contribution in [2.24, 2.45) is 10.8 Å². The smallest absolute Gasteiger partial charge is 0.203 e. The molecule has 2 saturated carbocycles. The molecule has 1 aromatic rings. The highest BCUT2D eigenvalue weighted by atomic mass is 32.2. The lowest BCUT2D eigenvalue weighted by Gasteiger charge is -2.31. The zero-order valence-corrected chi connectivity index (χ0v) is 15.4. The van der Waals surface area contributed by atoms with Crippen LogP contribution in [0.15, 0.2) is 35.2 Å². The van der Waals surface area contributed by atoms with Gasteiger partial charge in [0.25, 0.3) is 0 Å². The first kappa shape index (κ1) is 17.7. The van der Waals surface area contributed by atoms with Crippen molar-refractivity contribution >= 4 is 12.0 Å². The summed E-state index contributed by atoms with van der Waals surface area (Å²) in [6, 6.07) is 9.32. The van der Waals surface area contributed by atoms with Crippen molar-refractivity contribution in [3.8, 4) is 0 Å². The first-order valence-corrected chi connectivity index (χ1v) is 9.10. The topological polar surface area (TPSA) is 99.4 Å². The van der Waals surface area contributed by atoms with Crippen LogP contribution in [0.5, 0.6) is 0 Å². The first-order valence-electron chi connectivity index (χ1n) is 8.36. The van der Waals surface area contributed by atoms with Gasteiger partial charge in [0.2, 0.25) is 6.29 Å². The molecule has 1 aromatic carbocycles. The summed E-state index contributed by atoms with van der Waals surface area (Å²) in [5, 5.41) is 43.4. The first-order chi connectivity index (χ1) is 11.5. The second-order valence-corrected chi connectivity index (χ2v) is 9.28. The summed E-state index contributed by atoms with van der Waals surface area (Å²) in [6.45, 7) is 6.81. The van der Waals surface area contributed by atoms with E-state index in [1.54, 1.807) is 27.7 Å². The van der Waals surface area contributed by atoms with Crippen molar-refractivity contribution in [1.29, 1.82) is 0 Å². The van der Waals surface area contributed by atoms with Gasteiger partial charge in [0, 0.05) is 27.8 Å². The van der Waals surface area contributed by atoms with Crippen molar-refractivity contribution in [2.45, 2.75) is 67.9 Å². The van der Waals surface area contributed by atoms with Crippen LogP contribution in [0.4, 0.5) is 0 Å². The third-order valence-corrected chi connectivity index (χ3v) is 7.56. The number of hydrogen-bond donors (Lipinski definition) is 4. The molecule has 3 aliphatic rings. The Morgan fingerprint density at radius 1 is 1.00 bits per heavy atom. The maximum atomic E-state index is 11.2. The maximum absolute atomic E-state index is 11.2. The molecular weight excluding hydrogens is 344 g/mol. The predicted molar refractivity (Wildman–Crippen MR) is 90.5 cm³/mol. The molecule has 1 aliphatic heterocycles. The molecule has 3 fully saturated rings. The van der Waals surface area contributed by atoms with Gasteiger partial charge >= 0.3 is 0 Å². The zero-order valence-electron chi connectivity index (χ0n) is 14.6. The highest BCUT2D eigenvalue weighted by molar-refractivity contribution is 7.94. The molecule has 7 heteroatoms. The Labute approximate surface area is 151 Å². The number of ether oxygens (including phenoxy) is 1. The van der Waals surface area contributed by atoms with Gasteiger partial charge in [-0.2, -0.15) is 0 Å². The van der Waals surface area contributed by atoms with E-state index < -0.39 is 46.1 Å². The number of benzene rings is 1. The number of hydrogen-bond acceptors (Lipinski definition) is 7. The standard InChI is InChI=1S/C18H24O6S/c1-14(2)11(19)16(14,20)12-17(21)15(3,4)18(17,22)13(23-12)24-25-10-8-6-5-7-9-10/h5-9,11-13,19-22H,1-4H3/t11?,12-,13?,16-,17-,18+/m1/s1. The second kappa shape index (κ2) is 4.78. The fourth-order valence-corrected chi connectivity index (χ4v) is 5.19. The molecule has 0 bridgehead atoms. The third kappa shape index (κ3) is 1.73. The highest BCUT2D eigenvalue weighted by Crippen LogP contribution is 2.78. The molecule has 6 nitrogen and oxygen atoms in total. The molecule has 2 unspecified atom stereocenters. The molecule has 0 radical (unpaired) electrons. The van der Waals surface area contributed by atoms with E-state index in [0.29, 0.717) is 0 Å². The van der Waals surface area contributed by atoms with Crippen LogP contribution in [0, 0.1) is 10.8 Å². The summed E-state index contributed by atoms with van der Waals surface area (Å²) < 4.78 is 11.5. The molecule has 1 heterocycles. The van der Waals surface area contributed by atoms with Crippen LogP contribution in [0.1, 0.15) is 27.7 Å². The molecule has 6 atom stereocenters. The van der Waals surface area contributed by atoms with E-state index in [9.17, 15) is 20.4 Å². The van der Waals surface area contributed by atoms with E-state index in [2.05, 4.69) is 0 Å². The Balaban J connectivity index is 1.61. The molecule has 4 N–H and O–H groups in total.